The molecule has 2 aromatic heterocycles. The van der Waals surface area contributed by atoms with Crippen LogP contribution < -0.4 is 5.32 Å². The zero-order chi connectivity index (χ0) is 13.8. The molecule has 0 aliphatic heterocycles. The van der Waals surface area contributed by atoms with Crippen molar-refractivity contribution in [3.8, 4) is 0 Å². The lowest BCUT2D eigenvalue weighted by Crippen LogP contribution is -2.26. The predicted octanol–water partition coefficient (Wildman–Crippen LogP) is 2.18. The highest BCUT2D eigenvalue weighted by molar-refractivity contribution is 5.74. The zero-order valence-electron chi connectivity index (χ0n) is 11.4. The molecule has 5 heteroatoms. The summed E-state index contributed by atoms with van der Waals surface area (Å²) in [4.78, 5) is 13.0. The Morgan fingerprint density at radius 1 is 1.20 bits per heavy atom. The number of nitrogens with zero attached hydrogens (tertiary/aromatic N) is 4. The molecule has 0 spiro atoms. The molecule has 102 valence electrons. The first-order valence-corrected chi connectivity index (χ1v) is 6.77. The van der Waals surface area contributed by atoms with Gasteiger partial charge in [-0.1, -0.05) is 19.1 Å². The number of rotatable bonds is 5. The van der Waals surface area contributed by atoms with Gasteiger partial charge in [-0.15, -0.1) is 0 Å². The Morgan fingerprint density at radius 3 is 2.90 bits per heavy atom. The van der Waals surface area contributed by atoms with E-state index >= 15 is 0 Å². The van der Waals surface area contributed by atoms with E-state index in [1.54, 1.807) is 12.4 Å². The number of hydrogen-bond acceptors (Lipinski definition) is 4. The van der Waals surface area contributed by atoms with Crippen molar-refractivity contribution in [3.63, 3.8) is 0 Å². The third kappa shape index (κ3) is 2.53. The first kappa shape index (κ1) is 12.7. The molecule has 0 fully saturated rings. The van der Waals surface area contributed by atoms with Gasteiger partial charge in [-0.25, -0.2) is 4.98 Å². The van der Waals surface area contributed by atoms with Crippen LogP contribution in [0.2, 0.25) is 0 Å². The summed E-state index contributed by atoms with van der Waals surface area (Å²) >= 11 is 0. The van der Waals surface area contributed by atoms with Crippen molar-refractivity contribution >= 4 is 11.0 Å². The molecule has 20 heavy (non-hydrogen) atoms. The van der Waals surface area contributed by atoms with Crippen LogP contribution in [0.15, 0.2) is 49.2 Å². The number of aromatic nitrogens is 4. The smallest absolute Gasteiger partial charge is 0.0958 e. The monoisotopic (exact) mass is 267 g/mol. The molecule has 0 bridgehead atoms. The number of imidazole rings is 1. The fourth-order valence-corrected chi connectivity index (χ4v) is 2.35. The third-order valence-corrected chi connectivity index (χ3v) is 3.30. The normalized spacial score (nSPS) is 12.7. The molecule has 0 aliphatic carbocycles. The maximum Gasteiger partial charge on any atom is 0.0958 e. The van der Waals surface area contributed by atoms with Gasteiger partial charge in [-0.2, -0.15) is 0 Å². The molecule has 0 radical (unpaired) electrons. The van der Waals surface area contributed by atoms with E-state index in [4.69, 9.17) is 0 Å². The number of likely N-dealkylation sites (N-methyl/N-ethyl adjacent to an activating group) is 1. The van der Waals surface area contributed by atoms with Crippen LogP contribution >= 0.6 is 0 Å². The molecule has 2 heterocycles. The lowest BCUT2D eigenvalue weighted by Gasteiger charge is -2.18. The molecule has 3 rings (SSSR count). The number of fused-ring (bicyclic) bond motifs is 1. The Hall–Kier alpha value is -2.27. The molecule has 1 atom stereocenters. The SMILES string of the molecule is CCNC(Cn1cnc2ccccc21)c1cnccn1. The van der Waals surface area contributed by atoms with E-state index in [-0.39, 0.29) is 6.04 Å². The molecule has 0 amide bonds. The Bertz CT molecular complexity index is 677. The average molecular weight is 267 g/mol. The minimum absolute atomic E-state index is 0.131. The van der Waals surface area contributed by atoms with Gasteiger partial charge in [-0.3, -0.25) is 9.97 Å². The summed E-state index contributed by atoms with van der Waals surface area (Å²) in [7, 11) is 0. The van der Waals surface area contributed by atoms with Crippen LogP contribution in [0.3, 0.4) is 0 Å². The van der Waals surface area contributed by atoms with Crippen molar-refractivity contribution in [2.45, 2.75) is 19.5 Å². The van der Waals surface area contributed by atoms with Crippen LogP contribution in [-0.2, 0) is 6.54 Å². The fraction of sp³-hybridized carbons (Fsp3) is 0.267. The third-order valence-electron chi connectivity index (χ3n) is 3.30. The summed E-state index contributed by atoms with van der Waals surface area (Å²) in [5, 5.41) is 3.45. The van der Waals surface area contributed by atoms with Gasteiger partial charge in [0.15, 0.2) is 0 Å². The number of nitrogens with one attached hydrogen (secondary N) is 1. The van der Waals surface area contributed by atoms with E-state index in [0.29, 0.717) is 0 Å². The van der Waals surface area contributed by atoms with Crippen LogP contribution in [0.5, 0.6) is 0 Å². The molecular weight excluding hydrogens is 250 g/mol. The van der Waals surface area contributed by atoms with Crippen LogP contribution in [0.1, 0.15) is 18.7 Å². The lowest BCUT2D eigenvalue weighted by molar-refractivity contribution is 0.470. The predicted molar refractivity (Wildman–Crippen MR) is 78.2 cm³/mol. The minimum atomic E-state index is 0.131. The summed E-state index contributed by atoms with van der Waals surface area (Å²) < 4.78 is 2.15. The van der Waals surface area contributed by atoms with Gasteiger partial charge in [-0.05, 0) is 18.7 Å². The molecule has 1 aromatic carbocycles. The molecule has 3 aromatic rings. The fourth-order valence-electron chi connectivity index (χ4n) is 2.35. The Labute approximate surface area is 117 Å². The van der Waals surface area contributed by atoms with Crippen LogP contribution in [0.4, 0.5) is 0 Å². The molecule has 0 aliphatic rings. The van der Waals surface area contributed by atoms with Gasteiger partial charge in [0.25, 0.3) is 0 Å². The minimum Gasteiger partial charge on any atom is -0.329 e. The van der Waals surface area contributed by atoms with Gasteiger partial charge in [0.05, 0.1) is 35.3 Å². The van der Waals surface area contributed by atoms with Crippen molar-refractivity contribution < 1.29 is 0 Å². The zero-order valence-corrected chi connectivity index (χ0v) is 11.4. The Kier molecular flexibility index (Phi) is 3.69. The first-order chi connectivity index (χ1) is 9.88. The molecule has 0 saturated heterocycles. The average Bonchev–Trinajstić information content (AvgIpc) is 2.91. The molecule has 0 saturated carbocycles. The van der Waals surface area contributed by atoms with Crippen LogP contribution in [0.25, 0.3) is 11.0 Å². The summed E-state index contributed by atoms with van der Waals surface area (Å²) in [6.45, 7) is 3.76. The summed E-state index contributed by atoms with van der Waals surface area (Å²) in [6, 6.07) is 8.28. The van der Waals surface area contributed by atoms with Crippen molar-refractivity contribution in [3.05, 3.63) is 54.9 Å². The Balaban J connectivity index is 1.90. The standard InChI is InChI=1S/C15H17N5/c1-2-17-14(13-9-16-7-8-18-13)10-20-11-19-12-5-3-4-6-15(12)20/h3-9,11,14,17H,2,10H2,1H3. The number of benzene rings is 1. The van der Waals surface area contributed by atoms with Crippen molar-refractivity contribution in [1.29, 1.82) is 0 Å². The van der Waals surface area contributed by atoms with Gasteiger partial charge in [0.1, 0.15) is 0 Å². The van der Waals surface area contributed by atoms with E-state index in [1.807, 2.05) is 30.7 Å². The Morgan fingerprint density at radius 2 is 2.10 bits per heavy atom. The topological polar surface area (TPSA) is 55.6 Å². The van der Waals surface area contributed by atoms with Crippen molar-refractivity contribution in [2.24, 2.45) is 0 Å². The van der Waals surface area contributed by atoms with Crippen LogP contribution in [-0.4, -0.2) is 26.1 Å². The first-order valence-electron chi connectivity index (χ1n) is 6.77. The highest BCUT2D eigenvalue weighted by atomic mass is 15.1. The van der Waals surface area contributed by atoms with E-state index in [2.05, 4.69) is 37.8 Å². The summed E-state index contributed by atoms with van der Waals surface area (Å²) in [5.41, 5.74) is 3.10. The number of para-hydroxylation sites is 2. The summed E-state index contributed by atoms with van der Waals surface area (Å²) in [6.07, 6.45) is 7.11. The highest BCUT2D eigenvalue weighted by Gasteiger charge is 2.14. The maximum atomic E-state index is 4.42. The molecule has 5 nitrogen and oxygen atoms in total. The second-order valence-corrected chi connectivity index (χ2v) is 4.63. The molecule has 1 N–H and O–H groups in total. The largest absolute Gasteiger partial charge is 0.329 e. The van der Waals surface area contributed by atoms with Gasteiger partial charge >= 0.3 is 0 Å². The van der Waals surface area contributed by atoms with Gasteiger partial charge in [0.2, 0.25) is 0 Å². The van der Waals surface area contributed by atoms with Crippen molar-refractivity contribution in [2.75, 3.05) is 6.54 Å². The summed E-state index contributed by atoms with van der Waals surface area (Å²) in [5.74, 6) is 0. The van der Waals surface area contributed by atoms with E-state index in [0.717, 1.165) is 29.8 Å². The van der Waals surface area contributed by atoms with Crippen LogP contribution in [0, 0.1) is 0 Å². The number of hydrogen-bond donors (Lipinski definition) is 1. The lowest BCUT2D eigenvalue weighted by atomic mass is 10.2. The molecule has 1 unspecified atom stereocenters. The van der Waals surface area contributed by atoms with Gasteiger partial charge in [0, 0.05) is 18.9 Å². The maximum absolute atomic E-state index is 4.42. The highest BCUT2D eigenvalue weighted by Crippen LogP contribution is 2.17. The molecular formula is C15H17N5. The second kappa shape index (κ2) is 5.79. The quantitative estimate of drug-likeness (QED) is 0.770. The van der Waals surface area contributed by atoms with Crippen molar-refractivity contribution in [1.82, 2.24) is 24.8 Å². The van der Waals surface area contributed by atoms with Gasteiger partial charge < -0.3 is 9.88 Å². The van der Waals surface area contributed by atoms with E-state index in [1.165, 1.54) is 0 Å². The second-order valence-electron chi connectivity index (χ2n) is 4.63. The van der Waals surface area contributed by atoms with E-state index in [9.17, 15) is 0 Å². The van der Waals surface area contributed by atoms with E-state index < -0.39 is 0 Å².